The average Bonchev–Trinajstić information content (AvgIpc) is 3.38. The number of amides is 2. The molecule has 3 rings (SSSR count). The molecule has 0 bridgehead atoms. The molecule has 162 valence electrons. The molecule has 1 aromatic rings. The van der Waals surface area contributed by atoms with Crippen molar-refractivity contribution in [3.63, 3.8) is 0 Å². The third-order valence-electron chi connectivity index (χ3n) is 5.56. The third kappa shape index (κ3) is 5.12. The van der Waals surface area contributed by atoms with Crippen molar-refractivity contribution in [2.75, 3.05) is 26.1 Å². The number of rotatable bonds is 7. The van der Waals surface area contributed by atoms with Crippen molar-refractivity contribution in [1.29, 1.82) is 0 Å². The SMILES string of the molecule is COc1ccc(NC(=O)C2(NC(=O)[C@@H]3CC[C@H](CN)O3)CCCC2)cc1OC.Cl. The van der Waals surface area contributed by atoms with Crippen molar-refractivity contribution in [3.8, 4) is 11.5 Å². The van der Waals surface area contributed by atoms with Gasteiger partial charge in [-0.05, 0) is 37.8 Å². The molecule has 0 aromatic heterocycles. The number of carbonyl (C=O) groups excluding carboxylic acids is 2. The number of anilines is 1. The lowest BCUT2D eigenvalue weighted by atomic mass is 9.95. The van der Waals surface area contributed by atoms with Gasteiger partial charge in [0.05, 0.1) is 20.3 Å². The van der Waals surface area contributed by atoms with Gasteiger partial charge in [-0.15, -0.1) is 12.4 Å². The monoisotopic (exact) mass is 427 g/mol. The Morgan fingerprint density at radius 2 is 1.86 bits per heavy atom. The maximum atomic E-state index is 13.1. The summed E-state index contributed by atoms with van der Waals surface area (Å²) >= 11 is 0. The van der Waals surface area contributed by atoms with E-state index in [9.17, 15) is 9.59 Å². The molecule has 8 nitrogen and oxygen atoms in total. The summed E-state index contributed by atoms with van der Waals surface area (Å²) in [6, 6.07) is 5.18. The van der Waals surface area contributed by atoms with E-state index in [1.54, 1.807) is 32.4 Å². The fourth-order valence-electron chi connectivity index (χ4n) is 3.94. The molecule has 4 N–H and O–H groups in total. The molecule has 1 saturated carbocycles. The lowest BCUT2D eigenvalue weighted by Crippen LogP contribution is -2.57. The molecular formula is C20H30ClN3O5. The molecule has 2 aliphatic rings. The zero-order chi connectivity index (χ0) is 20.1. The molecule has 1 aliphatic heterocycles. The van der Waals surface area contributed by atoms with Crippen molar-refractivity contribution in [3.05, 3.63) is 18.2 Å². The number of nitrogens with one attached hydrogen (secondary N) is 2. The summed E-state index contributed by atoms with van der Waals surface area (Å²) in [6.45, 7) is 0.398. The van der Waals surface area contributed by atoms with Crippen LogP contribution < -0.4 is 25.8 Å². The molecular weight excluding hydrogens is 398 g/mol. The largest absolute Gasteiger partial charge is 0.493 e. The Hall–Kier alpha value is -2.03. The van der Waals surface area contributed by atoms with Crippen LogP contribution in [0.3, 0.4) is 0 Å². The predicted octanol–water partition coefficient (Wildman–Crippen LogP) is 2.00. The first-order valence-electron chi connectivity index (χ1n) is 9.72. The van der Waals surface area contributed by atoms with E-state index >= 15 is 0 Å². The fourth-order valence-corrected chi connectivity index (χ4v) is 3.94. The minimum Gasteiger partial charge on any atom is -0.493 e. The normalized spacial score (nSPS) is 22.4. The fraction of sp³-hybridized carbons (Fsp3) is 0.600. The second-order valence-electron chi connectivity index (χ2n) is 7.36. The van der Waals surface area contributed by atoms with E-state index < -0.39 is 11.6 Å². The number of methoxy groups -OCH3 is 2. The highest BCUT2D eigenvalue weighted by Gasteiger charge is 2.44. The summed E-state index contributed by atoms with van der Waals surface area (Å²) in [6.07, 6.45) is 3.74. The van der Waals surface area contributed by atoms with Crippen LogP contribution in [0, 0.1) is 0 Å². The number of carbonyl (C=O) groups is 2. The lowest BCUT2D eigenvalue weighted by molar-refractivity contribution is -0.137. The van der Waals surface area contributed by atoms with Gasteiger partial charge in [0.25, 0.3) is 0 Å². The Labute approximate surface area is 177 Å². The average molecular weight is 428 g/mol. The van der Waals surface area contributed by atoms with Crippen molar-refractivity contribution in [1.82, 2.24) is 5.32 Å². The van der Waals surface area contributed by atoms with Crippen LogP contribution >= 0.6 is 12.4 Å². The molecule has 1 heterocycles. The summed E-state index contributed by atoms with van der Waals surface area (Å²) in [5.41, 5.74) is 5.29. The summed E-state index contributed by atoms with van der Waals surface area (Å²) in [7, 11) is 3.10. The number of hydrogen-bond acceptors (Lipinski definition) is 6. The van der Waals surface area contributed by atoms with Gasteiger partial charge < -0.3 is 30.6 Å². The third-order valence-corrected chi connectivity index (χ3v) is 5.56. The van der Waals surface area contributed by atoms with Gasteiger partial charge in [-0.25, -0.2) is 0 Å². The van der Waals surface area contributed by atoms with Crippen LogP contribution in [0.4, 0.5) is 5.69 Å². The molecule has 0 unspecified atom stereocenters. The van der Waals surface area contributed by atoms with Crippen LogP contribution in [-0.2, 0) is 14.3 Å². The first kappa shape index (κ1) is 23.3. The van der Waals surface area contributed by atoms with Crippen molar-refractivity contribution < 1.29 is 23.8 Å². The van der Waals surface area contributed by atoms with Gasteiger partial charge in [-0.2, -0.15) is 0 Å². The molecule has 9 heteroatoms. The first-order chi connectivity index (χ1) is 13.5. The highest BCUT2D eigenvalue weighted by Crippen LogP contribution is 2.34. The quantitative estimate of drug-likeness (QED) is 0.613. The standard InChI is InChI=1S/C20H29N3O5.ClH/c1-26-15-7-5-13(11-17(15)27-2)22-19(25)20(9-3-4-10-20)23-18(24)16-8-6-14(12-21)28-16;/h5,7,11,14,16H,3-4,6,8-10,12,21H2,1-2H3,(H,22,25)(H,23,24);1H/t14-,16+;/m1./s1. The number of ether oxygens (including phenoxy) is 3. The molecule has 1 saturated heterocycles. The van der Waals surface area contributed by atoms with E-state index in [-0.39, 0.29) is 30.3 Å². The molecule has 1 aliphatic carbocycles. The Morgan fingerprint density at radius 1 is 1.17 bits per heavy atom. The Bertz CT molecular complexity index is 724. The summed E-state index contributed by atoms with van der Waals surface area (Å²) < 4.78 is 16.2. The molecule has 2 amide bonds. The zero-order valence-electron chi connectivity index (χ0n) is 16.9. The first-order valence-corrected chi connectivity index (χ1v) is 9.72. The summed E-state index contributed by atoms with van der Waals surface area (Å²) in [4.78, 5) is 25.8. The molecule has 0 spiro atoms. The molecule has 0 radical (unpaired) electrons. The van der Waals surface area contributed by atoms with E-state index in [0.717, 1.165) is 19.3 Å². The highest BCUT2D eigenvalue weighted by molar-refractivity contribution is 6.01. The second kappa shape index (κ2) is 10.1. The summed E-state index contributed by atoms with van der Waals surface area (Å²) in [5.74, 6) is 0.647. The van der Waals surface area contributed by atoms with Crippen LogP contribution in [0.2, 0.25) is 0 Å². The zero-order valence-corrected chi connectivity index (χ0v) is 17.7. The smallest absolute Gasteiger partial charge is 0.250 e. The van der Waals surface area contributed by atoms with Crippen LogP contribution in [0.1, 0.15) is 38.5 Å². The number of nitrogens with two attached hydrogens (primary N) is 1. The van der Waals surface area contributed by atoms with E-state index in [1.165, 1.54) is 0 Å². The topological polar surface area (TPSA) is 112 Å². The molecule has 2 fully saturated rings. The van der Waals surface area contributed by atoms with Gasteiger partial charge >= 0.3 is 0 Å². The predicted molar refractivity (Wildman–Crippen MR) is 112 cm³/mol. The number of hydrogen-bond donors (Lipinski definition) is 3. The Morgan fingerprint density at radius 3 is 2.45 bits per heavy atom. The van der Waals surface area contributed by atoms with Crippen LogP contribution in [0.15, 0.2) is 18.2 Å². The molecule has 29 heavy (non-hydrogen) atoms. The Kier molecular flexibility index (Phi) is 8.13. The van der Waals surface area contributed by atoms with Gasteiger partial charge in [-0.3, -0.25) is 9.59 Å². The van der Waals surface area contributed by atoms with E-state index in [1.807, 2.05) is 0 Å². The van der Waals surface area contributed by atoms with Crippen LogP contribution in [-0.4, -0.2) is 50.3 Å². The van der Waals surface area contributed by atoms with Gasteiger partial charge in [0, 0.05) is 18.3 Å². The van der Waals surface area contributed by atoms with Crippen molar-refractivity contribution >= 4 is 29.9 Å². The maximum absolute atomic E-state index is 13.1. The number of benzene rings is 1. The Balaban J connectivity index is 0.00000300. The number of halogens is 1. The van der Waals surface area contributed by atoms with E-state index in [0.29, 0.717) is 43.0 Å². The van der Waals surface area contributed by atoms with Gasteiger partial charge in [-0.1, -0.05) is 12.8 Å². The minimum absolute atomic E-state index is 0. The van der Waals surface area contributed by atoms with Gasteiger partial charge in [0.15, 0.2) is 11.5 Å². The molecule has 1 aromatic carbocycles. The van der Waals surface area contributed by atoms with Crippen molar-refractivity contribution in [2.45, 2.75) is 56.3 Å². The minimum atomic E-state index is -0.922. The highest BCUT2D eigenvalue weighted by atomic mass is 35.5. The maximum Gasteiger partial charge on any atom is 0.250 e. The summed E-state index contributed by atoms with van der Waals surface area (Å²) in [5, 5.41) is 5.89. The van der Waals surface area contributed by atoms with Crippen molar-refractivity contribution in [2.24, 2.45) is 5.73 Å². The van der Waals surface area contributed by atoms with Gasteiger partial charge in [0.2, 0.25) is 11.8 Å². The van der Waals surface area contributed by atoms with Crippen LogP contribution in [0.25, 0.3) is 0 Å². The van der Waals surface area contributed by atoms with E-state index in [2.05, 4.69) is 10.6 Å². The van der Waals surface area contributed by atoms with E-state index in [4.69, 9.17) is 19.9 Å². The van der Waals surface area contributed by atoms with Gasteiger partial charge in [0.1, 0.15) is 11.6 Å². The molecule has 2 atom stereocenters. The second-order valence-corrected chi connectivity index (χ2v) is 7.36. The van der Waals surface area contributed by atoms with Crippen LogP contribution in [0.5, 0.6) is 11.5 Å². The lowest BCUT2D eigenvalue weighted by Gasteiger charge is -2.30.